The highest BCUT2D eigenvalue weighted by Gasteiger charge is 2.11. The third-order valence-electron chi connectivity index (χ3n) is 3.44. The number of halogens is 2. The predicted molar refractivity (Wildman–Crippen MR) is 78.7 cm³/mol. The van der Waals surface area contributed by atoms with Crippen molar-refractivity contribution in [1.29, 1.82) is 0 Å². The maximum atomic E-state index is 13.8. The monoisotopic (exact) mass is 292 g/mol. The highest BCUT2D eigenvalue weighted by molar-refractivity contribution is 5.48. The SMILES string of the molecule is COc1c(C)cnc(CNc2cc(F)c(C)cc2F)c1C. The van der Waals surface area contributed by atoms with E-state index in [1.54, 1.807) is 13.3 Å². The fraction of sp³-hybridized carbons (Fsp3) is 0.312. The first-order valence-electron chi connectivity index (χ1n) is 6.62. The van der Waals surface area contributed by atoms with Crippen LogP contribution in [0.3, 0.4) is 0 Å². The largest absolute Gasteiger partial charge is 0.496 e. The standard InChI is InChI=1S/C16H18F2N2O/c1-9-5-13(18)14(6-12(9)17)20-8-15-11(3)16(21-4)10(2)7-19-15/h5-7,20H,8H2,1-4H3. The fourth-order valence-electron chi connectivity index (χ4n) is 2.21. The van der Waals surface area contributed by atoms with Crippen LogP contribution in [0.5, 0.6) is 5.75 Å². The minimum atomic E-state index is -0.481. The van der Waals surface area contributed by atoms with Crippen LogP contribution in [0.25, 0.3) is 0 Å². The molecule has 1 aromatic carbocycles. The maximum Gasteiger partial charge on any atom is 0.146 e. The van der Waals surface area contributed by atoms with E-state index in [0.29, 0.717) is 6.54 Å². The average Bonchev–Trinajstić information content (AvgIpc) is 2.43. The van der Waals surface area contributed by atoms with Crippen molar-refractivity contribution < 1.29 is 13.5 Å². The van der Waals surface area contributed by atoms with Gasteiger partial charge >= 0.3 is 0 Å². The van der Waals surface area contributed by atoms with E-state index in [2.05, 4.69) is 10.3 Å². The van der Waals surface area contributed by atoms with Gasteiger partial charge in [0.25, 0.3) is 0 Å². The van der Waals surface area contributed by atoms with Gasteiger partial charge in [0.2, 0.25) is 0 Å². The molecule has 5 heteroatoms. The second-order valence-electron chi connectivity index (χ2n) is 4.98. The zero-order valence-electron chi connectivity index (χ0n) is 12.6. The maximum absolute atomic E-state index is 13.8. The van der Waals surface area contributed by atoms with Gasteiger partial charge in [-0.05, 0) is 32.4 Å². The minimum Gasteiger partial charge on any atom is -0.496 e. The molecule has 0 radical (unpaired) electrons. The molecule has 2 aromatic rings. The third-order valence-corrected chi connectivity index (χ3v) is 3.44. The Morgan fingerprint density at radius 2 is 1.81 bits per heavy atom. The van der Waals surface area contributed by atoms with Crippen molar-refractivity contribution >= 4 is 5.69 Å². The molecule has 0 aliphatic carbocycles. The Kier molecular flexibility index (Phi) is 4.40. The van der Waals surface area contributed by atoms with Crippen LogP contribution in [0, 0.1) is 32.4 Å². The van der Waals surface area contributed by atoms with E-state index in [0.717, 1.165) is 28.6 Å². The van der Waals surface area contributed by atoms with E-state index >= 15 is 0 Å². The molecule has 1 aromatic heterocycles. The lowest BCUT2D eigenvalue weighted by molar-refractivity contribution is 0.407. The Labute approximate surface area is 123 Å². The summed E-state index contributed by atoms with van der Waals surface area (Å²) in [4.78, 5) is 4.31. The summed E-state index contributed by atoms with van der Waals surface area (Å²) in [5.41, 5.74) is 2.96. The van der Waals surface area contributed by atoms with Gasteiger partial charge in [0.15, 0.2) is 0 Å². The van der Waals surface area contributed by atoms with E-state index in [1.165, 1.54) is 13.0 Å². The zero-order chi connectivity index (χ0) is 15.6. The number of hydrogen-bond donors (Lipinski definition) is 1. The van der Waals surface area contributed by atoms with Crippen LogP contribution in [-0.2, 0) is 6.54 Å². The number of nitrogens with zero attached hydrogens (tertiary/aromatic N) is 1. The summed E-state index contributed by atoms with van der Waals surface area (Å²) in [7, 11) is 1.60. The van der Waals surface area contributed by atoms with Crippen molar-refractivity contribution in [3.63, 3.8) is 0 Å². The summed E-state index contributed by atoms with van der Waals surface area (Å²) < 4.78 is 32.6. The molecule has 0 saturated carbocycles. The molecular formula is C16H18F2N2O. The number of rotatable bonds is 4. The molecule has 0 atom stereocenters. The molecule has 0 unspecified atom stereocenters. The molecule has 2 rings (SSSR count). The number of benzene rings is 1. The van der Waals surface area contributed by atoms with Gasteiger partial charge in [-0.15, -0.1) is 0 Å². The van der Waals surface area contributed by atoms with Crippen LogP contribution in [0.15, 0.2) is 18.3 Å². The van der Waals surface area contributed by atoms with Crippen molar-refractivity contribution in [2.45, 2.75) is 27.3 Å². The molecule has 0 amide bonds. The molecule has 1 heterocycles. The summed E-state index contributed by atoms with van der Waals surface area (Å²) >= 11 is 0. The molecular weight excluding hydrogens is 274 g/mol. The minimum absolute atomic E-state index is 0.124. The van der Waals surface area contributed by atoms with Gasteiger partial charge < -0.3 is 10.1 Å². The molecule has 3 nitrogen and oxygen atoms in total. The number of nitrogens with one attached hydrogen (secondary N) is 1. The number of ether oxygens (including phenoxy) is 1. The van der Waals surface area contributed by atoms with Crippen LogP contribution >= 0.6 is 0 Å². The van der Waals surface area contributed by atoms with Crippen molar-refractivity contribution in [2.75, 3.05) is 12.4 Å². The molecule has 0 saturated heterocycles. The number of aromatic nitrogens is 1. The van der Waals surface area contributed by atoms with Crippen molar-refractivity contribution in [3.05, 3.63) is 52.3 Å². The van der Waals surface area contributed by atoms with E-state index in [-0.39, 0.29) is 11.3 Å². The van der Waals surface area contributed by atoms with Crippen molar-refractivity contribution in [1.82, 2.24) is 4.98 Å². The molecule has 112 valence electrons. The van der Waals surface area contributed by atoms with Crippen LogP contribution in [0.1, 0.15) is 22.4 Å². The summed E-state index contributed by atoms with van der Waals surface area (Å²) in [5.74, 6) is -0.159. The lowest BCUT2D eigenvalue weighted by atomic mass is 10.1. The molecule has 1 N–H and O–H groups in total. The topological polar surface area (TPSA) is 34.1 Å². The third kappa shape index (κ3) is 3.12. The Morgan fingerprint density at radius 1 is 1.10 bits per heavy atom. The van der Waals surface area contributed by atoms with Crippen LogP contribution in [0.2, 0.25) is 0 Å². The van der Waals surface area contributed by atoms with Crippen LogP contribution in [-0.4, -0.2) is 12.1 Å². The smallest absolute Gasteiger partial charge is 0.146 e. The number of pyridine rings is 1. The van der Waals surface area contributed by atoms with Crippen LogP contribution in [0.4, 0.5) is 14.5 Å². The van der Waals surface area contributed by atoms with Gasteiger partial charge in [0.1, 0.15) is 17.4 Å². The van der Waals surface area contributed by atoms with Gasteiger partial charge in [-0.2, -0.15) is 0 Å². The summed E-state index contributed by atoms with van der Waals surface area (Å²) in [6.45, 7) is 5.62. The quantitative estimate of drug-likeness (QED) is 0.928. The lowest BCUT2D eigenvalue weighted by Gasteiger charge is -2.14. The van der Waals surface area contributed by atoms with Gasteiger partial charge in [-0.25, -0.2) is 8.78 Å². The molecule has 0 spiro atoms. The molecule has 21 heavy (non-hydrogen) atoms. The molecule has 0 aliphatic heterocycles. The fourth-order valence-corrected chi connectivity index (χ4v) is 2.21. The van der Waals surface area contributed by atoms with Gasteiger partial charge in [0.05, 0.1) is 25.0 Å². The normalized spacial score (nSPS) is 10.6. The summed E-state index contributed by atoms with van der Waals surface area (Å²) in [6, 6.07) is 2.33. The summed E-state index contributed by atoms with van der Waals surface area (Å²) in [5, 5.41) is 2.88. The Balaban J connectivity index is 2.23. The first-order valence-corrected chi connectivity index (χ1v) is 6.62. The Bertz CT molecular complexity index is 672. The van der Waals surface area contributed by atoms with Crippen molar-refractivity contribution in [2.24, 2.45) is 0 Å². The van der Waals surface area contributed by atoms with E-state index in [1.807, 2.05) is 13.8 Å². The first kappa shape index (κ1) is 15.2. The molecule has 0 aliphatic rings. The first-order chi connectivity index (χ1) is 9.93. The van der Waals surface area contributed by atoms with E-state index < -0.39 is 11.6 Å². The lowest BCUT2D eigenvalue weighted by Crippen LogP contribution is -2.07. The van der Waals surface area contributed by atoms with Crippen LogP contribution < -0.4 is 10.1 Å². The van der Waals surface area contributed by atoms with E-state index in [4.69, 9.17) is 4.74 Å². The molecule has 0 bridgehead atoms. The van der Waals surface area contributed by atoms with Crippen molar-refractivity contribution in [3.8, 4) is 5.75 Å². The average molecular weight is 292 g/mol. The molecule has 0 fully saturated rings. The summed E-state index contributed by atoms with van der Waals surface area (Å²) in [6.07, 6.45) is 1.70. The number of methoxy groups -OCH3 is 1. The number of anilines is 1. The zero-order valence-corrected chi connectivity index (χ0v) is 12.6. The second-order valence-corrected chi connectivity index (χ2v) is 4.98. The number of aryl methyl sites for hydroxylation is 2. The Hall–Kier alpha value is -2.17. The van der Waals surface area contributed by atoms with Gasteiger partial charge in [-0.3, -0.25) is 4.98 Å². The highest BCUT2D eigenvalue weighted by atomic mass is 19.1. The highest BCUT2D eigenvalue weighted by Crippen LogP contribution is 2.25. The van der Waals surface area contributed by atoms with E-state index in [9.17, 15) is 8.78 Å². The second kappa shape index (κ2) is 6.08. The Morgan fingerprint density at radius 3 is 2.48 bits per heavy atom. The van der Waals surface area contributed by atoms with Gasteiger partial charge in [0, 0.05) is 23.4 Å². The number of hydrogen-bond acceptors (Lipinski definition) is 3. The predicted octanol–water partition coefficient (Wildman–Crippen LogP) is 3.91. The van der Waals surface area contributed by atoms with Gasteiger partial charge in [-0.1, -0.05) is 0 Å².